The molecule has 0 radical (unpaired) electrons. The zero-order chi connectivity index (χ0) is 13.1. The number of anilines is 2. The lowest BCUT2D eigenvalue weighted by Crippen LogP contribution is -2.02. The van der Waals surface area contributed by atoms with Crippen LogP contribution in [0.3, 0.4) is 0 Å². The predicted molar refractivity (Wildman–Crippen MR) is 71.4 cm³/mol. The van der Waals surface area contributed by atoms with Crippen LogP contribution in [0.2, 0.25) is 5.02 Å². The quantitative estimate of drug-likeness (QED) is 0.904. The number of hydrogen-bond donors (Lipinski definition) is 2. The molecule has 0 saturated heterocycles. The van der Waals surface area contributed by atoms with Gasteiger partial charge in [-0.15, -0.1) is 0 Å². The van der Waals surface area contributed by atoms with E-state index < -0.39 is 5.97 Å². The minimum absolute atomic E-state index is 0.101. The van der Waals surface area contributed by atoms with Crippen LogP contribution < -0.4 is 5.32 Å². The van der Waals surface area contributed by atoms with Crippen LogP contribution in [0.1, 0.15) is 10.5 Å². The molecule has 0 fully saturated rings. The fourth-order valence-corrected chi connectivity index (χ4v) is 2.01. The number of aromatic nitrogens is 2. The zero-order valence-corrected chi connectivity index (χ0v) is 11.2. The van der Waals surface area contributed by atoms with Gasteiger partial charge in [0.05, 0.1) is 18.1 Å². The van der Waals surface area contributed by atoms with Gasteiger partial charge in [-0.2, -0.15) is 0 Å². The van der Waals surface area contributed by atoms with E-state index in [0.29, 0.717) is 10.8 Å². The van der Waals surface area contributed by atoms with Crippen molar-refractivity contribution in [3.8, 4) is 0 Å². The van der Waals surface area contributed by atoms with Crippen molar-refractivity contribution in [2.45, 2.75) is 0 Å². The van der Waals surface area contributed by atoms with Gasteiger partial charge in [0.2, 0.25) is 0 Å². The molecule has 0 aliphatic rings. The monoisotopic (exact) mass is 327 g/mol. The summed E-state index contributed by atoms with van der Waals surface area (Å²) in [6.07, 6.45) is 2.54. The van der Waals surface area contributed by atoms with E-state index in [0.717, 1.165) is 10.2 Å². The minimum atomic E-state index is -1.11. The van der Waals surface area contributed by atoms with Gasteiger partial charge in [0.25, 0.3) is 0 Å². The van der Waals surface area contributed by atoms with E-state index in [4.69, 9.17) is 16.7 Å². The van der Waals surface area contributed by atoms with Crippen LogP contribution in [-0.4, -0.2) is 21.0 Å². The van der Waals surface area contributed by atoms with Gasteiger partial charge in [0.1, 0.15) is 5.82 Å². The molecule has 1 aromatic carbocycles. The molecular weight excluding hydrogens is 321 g/mol. The molecule has 0 spiro atoms. The Morgan fingerprint density at radius 2 is 2.11 bits per heavy atom. The molecule has 92 valence electrons. The average Bonchev–Trinajstić information content (AvgIpc) is 2.33. The number of carbonyl (C=O) groups is 1. The van der Waals surface area contributed by atoms with Crippen molar-refractivity contribution in [2.75, 3.05) is 5.32 Å². The lowest BCUT2D eigenvalue weighted by atomic mass is 10.3. The highest BCUT2D eigenvalue weighted by atomic mass is 79.9. The Hall–Kier alpha value is -1.66. The van der Waals surface area contributed by atoms with E-state index in [1.54, 1.807) is 18.2 Å². The SMILES string of the molecule is O=C(O)c1cnc(Nc2ccc(Cl)cc2Br)cn1. The largest absolute Gasteiger partial charge is 0.476 e. The van der Waals surface area contributed by atoms with Crippen LogP contribution in [0.25, 0.3) is 0 Å². The third kappa shape index (κ3) is 2.96. The molecule has 0 saturated carbocycles. The summed E-state index contributed by atoms with van der Waals surface area (Å²) in [4.78, 5) is 18.3. The topological polar surface area (TPSA) is 75.1 Å². The highest BCUT2D eigenvalue weighted by Gasteiger charge is 2.06. The molecule has 0 aliphatic heterocycles. The van der Waals surface area contributed by atoms with Crippen LogP contribution in [0.4, 0.5) is 11.5 Å². The molecule has 2 N–H and O–H groups in total. The summed E-state index contributed by atoms with van der Waals surface area (Å²) in [5.41, 5.74) is 0.660. The first-order valence-corrected chi connectivity index (χ1v) is 6.01. The first kappa shape index (κ1) is 12.8. The Morgan fingerprint density at radius 1 is 1.33 bits per heavy atom. The summed E-state index contributed by atoms with van der Waals surface area (Å²) in [6.45, 7) is 0. The van der Waals surface area contributed by atoms with Gasteiger partial charge < -0.3 is 10.4 Å². The van der Waals surface area contributed by atoms with Crippen molar-refractivity contribution in [3.05, 3.63) is 45.8 Å². The number of carboxylic acid groups (broad SMARTS) is 1. The lowest BCUT2D eigenvalue weighted by Gasteiger charge is -2.07. The van der Waals surface area contributed by atoms with Gasteiger partial charge in [-0.25, -0.2) is 14.8 Å². The molecule has 0 bridgehead atoms. The number of benzene rings is 1. The van der Waals surface area contributed by atoms with E-state index in [9.17, 15) is 4.79 Å². The van der Waals surface area contributed by atoms with Crippen LogP contribution in [0.5, 0.6) is 0 Å². The Kier molecular flexibility index (Phi) is 3.78. The molecule has 0 aliphatic carbocycles. The van der Waals surface area contributed by atoms with Gasteiger partial charge in [0, 0.05) is 9.50 Å². The van der Waals surface area contributed by atoms with Crippen LogP contribution >= 0.6 is 27.5 Å². The summed E-state index contributed by atoms with van der Waals surface area (Å²) < 4.78 is 0.777. The summed E-state index contributed by atoms with van der Waals surface area (Å²) in [5.74, 6) is -0.662. The smallest absolute Gasteiger partial charge is 0.356 e. The third-order valence-electron chi connectivity index (χ3n) is 2.06. The van der Waals surface area contributed by atoms with Crippen molar-refractivity contribution in [1.29, 1.82) is 0 Å². The van der Waals surface area contributed by atoms with Gasteiger partial charge >= 0.3 is 5.97 Å². The minimum Gasteiger partial charge on any atom is -0.476 e. The molecule has 1 aromatic heterocycles. The number of nitrogens with zero attached hydrogens (tertiary/aromatic N) is 2. The molecule has 1 heterocycles. The van der Waals surface area contributed by atoms with Crippen molar-refractivity contribution in [1.82, 2.24) is 9.97 Å². The standard InChI is InChI=1S/C11H7BrClN3O2/c12-7-3-6(13)1-2-8(7)16-10-5-14-9(4-15-10)11(17)18/h1-5H,(H,15,16)(H,17,18). The van der Waals surface area contributed by atoms with E-state index in [-0.39, 0.29) is 5.69 Å². The molecule has 0 amide bonds. The zero-order valence-electron chi connectivity index (χ0n) is 8.89. The predicted octanol–water partition coefficient (Wildman–Crippen LogP) is 3.33. The first-order chi connectivity index (χ1) is 8.56. The average molecular weight is 329 g/mol. The molecular formula is C11H7BrClN3O2. The van der Waals surface area contributed by atoms with Gasteiger partial charge in [-0.3, -0.25) is 0 Å². The number of rotatable bonds is 3. The van der Waals surface area contributed by atoms with Crippen molar-refractivity contribution < 1.29 is 9.90 Å². The van der Waals surface area contributed by atoms with Crippen molar-refractivity contribution in [3.63, 3.8) is 0 Å². The number of halogens is 2. The van der Waals surface area contributed by atoms with Crippen LogP contribution in [-0.2, 0) is 0 Å². The summed E-state index contributed by atoms with van der Waals surface area (Å²) in [6, 6.07) is 5.25. The highest BCUT2D eigenvalue weighted by molar-refractivity contribution is 9.10. The second-order valence-corrected chi connectivity index (χ2v) is 4.63. The van der Waals surface area contributed by atoms with E-state index in [1.165, 1.54) is 12.4 Å². The van der Waals surface area contributed by atoms with Gasteiger partial charge in [-0.05, 0) is 34.1 Å². The summed E-state index contributed by atoms with van der Waals surface area (Å²) in [5, 5.41) is 12.3. The number of aromatic carboxylic acids is 1. The number of hydrogen-bond acceptors (Lipinski definition) is 4. The highest BCUT2D eigenvalue weighted by Crippen LogP contribution is 2.27. The summed E-state index contributed by atoms with van der Waals surface area (Å²) >= 11 is 9.18. The molecule has 18 heavy (non-hydrogen) atoms. The Morgan fingerprint density at radius 3 is 2.67 bits per heavy atom. The number of nitrogens with one attached hydrogen (secondary N) is 1. The molecule has 5 nitrogen and oxygen atoms in total. The first-order valence-electron chi connectivity index (χ1n) is 4.83. The summed E-state index contributed by atoms with van der Waals surface area (Å²) in [7, 11) is 0. The second-order valence-electron chi connectivity index (χ2n) is 3.34. The molecule has 0 atom stereocenters. The molecule has 2 aromatic rings. The molecule has 7 heteroatoms. The fourth-order valence-electron chi connectivity index (χ4n) is 1.23. The Labute approximate surface area is 116 Å². The second kappa shape index (κ2) is 5.32. The van der Waals surface area contributed by atoms with Crippen molar-refractivity contribution in [2.24, 2.45) is 0 Å². The van der Waals surface area contributed by atoms with E-state index in [1.807, 2.05) is 0 Å². The van der Waals surface area contributed by atoms with Crippen LogP contribution in [0, 0.1) is 0 Å². The van der Waals surface area contributed by atoms with Crippen molar-refractivity contribution >= 4 is 45.0 Å². The number of carboxylic acids is 1. The van der Waals surface area contributed by atoms with E-state index >= 15 is 0 Å². The lowest BCUT2D eigenvalue weighted by molar-refractivity contribution is 0.0690. The maximum absolute atomic E-state index is 10.6. The molecule has 2 rings (SSSR count). The normalized spacial score (nSPS) is 10.1. The maximum Gasteiger partial charge on any atom is 0.356 e. The Balaban J connectivity index is 2.21. The maximum atomic E-state index is 10.6. The van der Waals surface area contributed by atoms with E-state index in [2.05, 4.69) is 31.2 Å². The third-order valence-corrected chi connectivity index (χ3v) is 2.96. The fraction of sp³-hybridized carbons (Fsp3) is 0. The van der Waals surface area contributed by atoms with Crippen LogP contribution in [0.15, 0.2) is 35.1 Å². The molecule has 0 unspecified atom stereocenters. The Bertz CT molecular complexity index is 589. The van der Waals surface area contributed by atoms with Gasteiger partial charge in [-0.1, -0.05) is 11.6 Å². The van der Waals surface area contributed by atoms with Gasteiger partial charge in [0.15, 0.2) is 5.69 Å².